The molecule has 0 atom stereocenters. The Kier molecular flexibility index (Phi) is 2.37. The summed E-state index contributed by atoms with van der Waals surface area (Å²) in [6.45, 7) is 0. The Bertz CT molecular complexity index is 520. The van der Waals surface area contributed by atoms with Gasteiger partial charge in [0.15, 0.2) is 0 Å². The first-order valence-electron chi connectivity index (χ1n) is 4.48. The maximum atomic E-state index is 12.9. The lowest BCUT2D eigenvalue weighted by atomic mass is 10.1. The van der Waals surface area contributed by atoms with Gasteiger partial charge in [0.1, 0.15) is 5.82 Å². The summed E-state index contributed by atoms with van der Waals surface area (Å²) in [6.07, 6.45) is 0. The average molecular weight is 204 g/mol. The first kappa shape index (κ1) is 9.65. The fourth-order valence-electron chi connectivity index (χ4n) is 1.46. The number of hydrogen-bond donors (Lipinski definition) is 0. The number of rotatable bonds is 1. The minimum Gasteiger partial charge on any atom is -0.465 e. The highest BCUT2D eigenvalue weighted by molar-refractivity contribution is 5.95. The quantitative estimate of drug-likeness (QED) is 0.667. The lowest BCUT2D eigenvalue weighted by Gasteiger charge is -2.01. The Balaban J connectivity index is 2.59. The molecule has 0 heterocycles. The molecule has 0 radical (unpaired) electrons. The number of methoxy groups -OCH3 is 1. The van der Waals surface area contributed by atoms with Gasteiger partial charge < -0.3 is 4.74 Å². The van der Waals surface area contributed by atoms with E-state index in [1.165, 1.54) is 19.2 Å². The molecule has 0 aliphatic carbocycles. The molecule has 0 unspecified atom stereocenters. The van der Waals surface area contributed by atoms with E-state index in [-0.39, 0.29) is 5.82 Å². The number of ether oxygens (including phenoxy) is 1. The van der Waals surface area contributed by atoms with E-state index in [2.05, 4.69) is 4.74 Å². The molecule has 0 N–H and O–H groups in total. The van der Waals surface area contributed by atoms with Crippen molar-refractivity contribution in [3.63, 3.8) is 0 Å². The standard InChI is InChI=1S/C12H9FO2/c1-15-12(14)9-3-2-8-4-5-11(13)7-10(8)6-9/h2-7H,1H3. The predicted molar refractivity (Wildman–Crippen MR) is 55.2 cm³/mol. The molecule has 2 aromatic rings. The molecular formula is C12H9FO2. The summed E-state index contributed by atoms with van der Waals surface area (Å²) in [4.78, 5) is 11.2. The van der Waals surface area contributed by atoms with Crippen LogP contribution in [0.5, 0.6) is 0 Å². The van der Waals surface area contributed by atoms with Crippen LogP contribution in [0.25, 0.3) is 10.8 Å². The van der Waals surface area contributed by atoms with Crippen LogP contribution in [0.15, 0.2) is 36.4 Å². The van der Waals surface area contributed by atoms with Crippen molar-refractivity contribution in [3.05, 3.63) is 47.8 Å². The molecule has 0 bridgehead atoms. The van der Waals surface area contributed by atoms with Crippen LogP contribution in [-0.4, -0.2) is 13.1 Å². The van der Waals surface area contributed by atoms with Crippen molar-refractivity contribution in [2.45, 2.75) is 0 Å². The maximum Gasteiger partial charge on any atom is 0.337 e. The van der Waals surface area contributed by atoms with Crippen molar-refractivity contribution in [1.29, 1.82) is 0 Å². The summed E-state index contributed by atoms with van der Waals surface area (Å²) in [5.74, 6) is -0.731. The average Bonchev–Trinajstić information content (AvgIpc) is 2.27. The highest BCUT2D eigenvalue weighted by Gasteiger charge is 2.05. The van der Waals surface area contributed by atoms with Crippen LogP contribution >= 0.6 is 0 Å². The monoisotopic (exact) mass is 204 g/mol. The molecule has 0 aromatic heterocycles. The Labute approximate surface area is 86.3 Å². The second-order valence-electron chi connectivity index (χ2n) is 3.20. The van der Waals surface area contributed by atoms with Crippen LogP contribution in [0.1, 0.15) is 10.4 Å². The van der Waals surface area contributed by atoms with Gasteiger partial charge >= 0.3 is 5.97 Å². The smallest absolute Gasteiger partial charge is 0.337 e. The number of carbonyl (C=O) groups excluding carboxylic acids is 1. The van der Waals surface area contributed by atoms with Crippen LogP contribution in [0.4, 0.5) is 4.39 Å². The molecular weight excluding hydrogens is 195 g/mol. The molecule has 0 saturated carbocycles. The second kappa shape index (κ2) is 3.69. The van der Waals surface area contributed by atoms with Crippen LogP contribution < -0.4 is 0 Å². The van der Waals surface area contributed by atoms with E-state index < -0.39 is 5.97 Å². The van der Waals surface area contributed by atoms with E-state index in [0.717, 1.165) is 5.39 Å². The zero-order valence-corrected chi connectivity index (χ0v) is 8.16. The van der Waals surface area contributed by atoms with Gasteiger partial charge in [0.2, 0.25) is 0 Å². The third-order valence-electron chi connectivity index (χ3n) is 2.22. The number of benzene rings is 2. The van der Waals surface area contributed by atoms with Crippen molar-refractivity contribution >= 4 is 16.7 Å². The molecule has 2 rings (SSSR count). The molecule has 76 valence electrons. The number of esters is 1. The van der Waals surface area contributed by atoms with Gasteiger partial charge in [-0.1, -0.05) is 12.1 Å². The summed E-state index contributed by atoms with van der Waals surface area (Å²) >= 11 is 0. The highest BCUT2D eigenvalue weighted by Crippen LogP contribution is 2.17. The molecule has 2 aromatic carbocycles. The normalized spacial score (nSPS) is 10.3. The first-order valence-corrected chi connectivity index (χ1v) is 4.48. The zero-order valence-electron chi connectivity index (χ0n) is 8.16. The van der Waals surface area contributed by atoms with Gasteiger partial charge in [-0.3, -0.25) is 0 Å². The minimum atomic E-state index is -0.416. The minimum absolute atomic E-state index is 0.315. The molecule has 0 aliphatic rings. The van der Waals surface area contributed by atoms with Gasteiger partial charge in [-0.2, -0.15) is 0 Å². The number of fused-ring (bicyclic) bond motifs is 1. The van der Waals surface area contributed by atoms with Crippen molar-refractivity contribution in [2.24, 2.45) is 0 Å². The maximum absolute atomic E-state index is 12.9. The fraction of sp³-hybridized carbons (Fsp3) is 0.0833. The third kappa shape index (κ3) is 1.81. The lowest BCUT2D eigenvalue weighted by Crippen LogP contribution is -2.00. The molecule has 0 aliphatic heterocycles. The van der Waals surface area contributed by atoms with Crippen molar-refractivity contribution in [3.8, 4) is 0 Å². The highest BCUT2D eigenvalue weighted by atomic mass is 19.1. The lowest BCUT2D eigenvalue weighted by molar-refractivity contribution is 0.0601. The second-order valence-corrected chi connectivity index (χ2v) is 3.20. The van der Waals surface area contributed by atoms with Gasteiger partial charge in [-0.05, 0) is 35.0 Å². The molecule has 15 heavy (non-hydrogen) atoms. The molecule has 3 heteroatoms. The van der Waals surface area contributed by atoms with Crippen LogP contribution in [0.2, 0.25) is 0 Å². The topological polar surface area (TPSA) is 26.3 Å². The van der Waals surface area contributed by atoms with E-state index in [0.29, 0.717) is 10.9 Å². The fourth-order valence-corrected chi connectivity index (χ4v) is 1.46. The zero-order chi connectivity index (χ0) is 10.8. The Morgan fingerprint density at radius 3 is 2.60 bits per heavy atom. The van der Waals surface area contributed by atoms with Gasteiger partial charge in [0, 0.05) is 0 Å². The Hall–Kier alpha value is -1.90. The van der Waals surface area contributed by atoms with Gasteiger partial charge in [0.05, 0.1) is 12.7 Å². The number of carbonyl (C=O) groups is 1. The van der Waals surface area contributed by atoms with Gasteiger partial charge in [-0.25, -0.2) is 9.18 Å². The summed E-state index contributed by atoms with van der Waals surface area (Å²) in [5.41, 5.74) is 0.426. The van der Waals surface area contributed by atoms with Crippen LogP contribution in [0.3, 0.4) is 0 Å². The van der Waals surface area contributed by atoms with E-state index >= 15 is 0 Å². The van der Waals surface area contributed by atoms with E-state index in [1.807, 2.05) is 0 Å². The largest absolute Gasteiger partial charge is 0.465 e. The van der Waals surface area contributed by atoms with E-state index in [9.17, 15) is 9.18 Å². The van der Waals surface area contributed by atoms with Crippen molar-refractivity contribution in [1.82, 2.24) is 0 Å². The van der Waals surface area contributed by atoms with Gasteiger partial charge in [-0.15, -0.1) is 0 Å². The number of hydrogen-bond acceptors (Lipinski definition) is 2. The van der Waals surface area contributed by atoms with E-state index in [4.69, 9.17) is 0 Å². The molecule has 0 saturated heterocycles. The van der Waals surface area contributed by atoms with Crippen molar-refractivity contribution < 1.29 is 13.9 Å². The molecule has 0 fully saturated rings. The SMILES string of the molecule is COC(=O)c1ccc2ccc(F)cc2c1. The molecule has 0 spiro atoms. The Morgan fingerprint density at radius 1 is 1.13 bits per heavy atom. The summed E-state index contributed by atoms with van der Waals surface area (Å²) < 4.78 is 17.5. The first-order chi connectivity index (χ1) is 7.20. The number of halogens is 1. The van der Waals surface area contributed by atoms with E-state index in [1.54, 1.807) is 24.3 Å². The van der Waals surface area contributed by atoms with Gasteiger partial charge in [0.25, 0.3) is 0 Å². The third-order valence-corrected chi connectivity index (χ3v) is 2.22. The summed E-state index contributed by atoms with van der Waals surface area (Å²) in [5, 5.41) is 1.59. The summed E-state index contributed by atoms with van der Waals surface area (Å²) in [7, 11) is 1.32. The summed E-state index contributed by atoms with van der Waals surface area (Å²) in [6, 6.07) is 9.49. The Morgan fingerprint density at radius 2 is 1.87 bits per heavy atom. The molecule has 0 amide bonds. The van der Waals surface area contributed by atoms with Crippen LogP contribution in [0, 0.1) is 5.82 Å². The molecule has 2 nitrogen and oxygen atoms in total. The van der Waals surface area contributed by atoms with Crippen molar-refractivity contribution in [2.75, 3.05) is 7.11 Å². The predicted octanol–water partition coefficient (Wildman–Crippen LogP) is 2.77. The van der Waals surface area contributed by atoms with Crippen LogP contribution in [-0.2, 0) is 4.74 Å².